The van der Waals surface area contributed by atoms with Crippen molar-refractivity contribution >= 4 is 15.6 Å². The number of rotatable bonds is 1. The molecule has 1 saturated heterocycles. The summed E-state index contributed by atoms with van der Waals surface area (Å²) in [4.78, 5) is 11.3. The van der Waals surface area contributed by atoms with Crippen LogP contribution in [0.15, 0.2) is 4.36 Å². The molecule has 0 aromatic heterocycles. The second kappa shape index (κ2) is 4.19. The molecular weight excluding hydrogens is 188 g/mol. The molecule has 1 aliphatic heterocycles. The lowest BCUT2D eigenvalue weighted by atomic mass is 10.2. The highest BCUT2D eigenvalue weighted by molar-refractivity contribution is 7.94. The van der Waals surface area contributed by atoms with Crippen LogP contribution in [0, 0.1) is 5.92 Å². The summed E-state index contributed by atoms with van der Waals surface area (Å²) < 4.78 is 15.7. The van der Waals surface area contributed by atoms with Gasteiger partial charge in [0, 0.05) is 30.5 Å². The van der Waals surface area contributed by atoms with E-state index in [1.54, 1.807) is 13.8 Å². The molecule has 0 unspecified atom stereocenters. The lowest BCUT2D eigenvalue weighted by Crippen LogP contribution is -2.36. The van der Waals surface area contributed by atoms with E-state index in [-0.39, 0.29) is 11.8 Å². The van der Waals surface area contributed by atoms with E-state index in [0.717, 1.165) is 0 Å². The SMILES string of the molecule is CC(C)C(=O)N=S1(=O)CCNCC1. The van der Waals surface area contributed by atoms with Crippen LogP contribution < -0.4 is 5.32 Å². The molecule has 13 heavy (non-hydrogen) atoms. The van der Waals surface area contributed by atoms with Crippen LogP contribution in [-0.4, -0.2) is 34.7 Å². The number of amides is 1. The van der Waals surface area contributed by atoms with Crippen LogP contribution in [0.1, 0.15) is 13.8 Å². The summed E-state index contributed by atoms with van der Waals surface area (Å²) in [6.45, 7) is 4.95. The number of carbonyl (C=O) groups excluding carboxylic acids is 1. The minimum absolute atomic E-state index is 0.145. The van der Waals surface area contributed by atoms with Gasteiger partial charge in [0.1, 0.15) is 0 Å². The van der Waals surface area contributed by atoms with Gasteiger partial charge < -0.3 is 5.32 Å². The summed E-state index contributed by atoms with van der Waals surface area (Å²) in [5, 5.41) is 3.09. The number of hydrogen-bond acceptors (Lipinski definition) is 3. The summed E-state index contributed by atoms with van der Waals surface area (Å²) in [6.07, 6.45) is 0. The predicted octanol–water partition coefficient (Wildman–Crippen LogP) is 0.240. The Labute approximate surface area is 79.3 Å². The Hall–Kier alpha value is -0.420. The second-order valence-corrected chi connectivity index (χ2v) is 6.06. The highest BCUT2D eigenvalue weighted by atomic mass is 32.2. The van der Waals surface area contributed by atoms with Gasteiger partial charge >= 0.3 is 0 Å². The summed E-state index contributed by atoms with van der Waals surface area (Å²) in [7, 11) is -2.22. The van der Waals surface area contributed by atoms with Gasteiger partial charge in [0.2, 0.25) is 0 Å². The van der Waals surface area contributed by atoms with Crippen molar-refractivity contribution in [1.29, 1.82) is 0 Å². The van der Waals surface area contributed by atoms with E-state index < -0.39 is 9.73 Å². The zero-order valence-electron chi connectivity index (χ0n) is 8.08. The molecule has 5 heteroatoms. The highest BCUT2D eigenvalue weighted by Crippen LogP contribution is 2.04. The van der Waals surface area contributed by atoms with E-state index in [4.69, 9.17) is 0 Å². The first-order valence-corrected chi connectivity index (χ1v) is 6.36. The van der Waals surface area contributed by atoms with Gasteiger partial charge in [0.05, 0.1) is 9.73 Å². The molecule has 0 radical (unpaired) electrons. The molecule has 1 amide bonds. The minimum atomic E-state index is -2.22. The summed E-state index contributed by atoms with van der Waals surface area (Å²) >= 11 is 0. The molecule has 1 aliphatic rings. The Morgan fingerprint density at radius 2 is 1.92 bits per heavy atom. The molecule has 76 valence electrons. The maximum Gasteiger partial charge on any atom is 0.256 e. The van der Waals surface area contributed by atoms with Crippen molar-refractivity contribution in [2.75, 3.05) is 24.6 Å². The number of hydrogen-bond donors (Lipinski definition) is 1. The first-order valence-electron chi connectivity index (χ1n) is 4.50. The summed E-state index contributed by atoms with van der Waals surface area (Å²) in [5.74, 6) is 0.636. The zero-order chi connectivity index (χ0) is 9.90. The molecular formula is C8H16N2O2S. The first kappa shape index (κ1) is 10.7. The van der Waals surface area contributed by atoms with E-state index >= 15 is 0 Å². The molecule has 0 atom stereocenters. The fourth-order valence-corrected chi connectivity index (χ4v) is 2.90. The van der Waals surface area contributed by atoms with E-state index in [1.165, 1.54) is 0 Å². The Morgan fingerprint density at radius 1 is 1.38 bits per heavy atom. The molecule has 4 nitrogen and oxygen atoms in total. The highest BCUT2D eigenvalue weighted by Gasteiger charge is 2.16. The lowest BCUT2D eigenvalue weighted by Gasteiger charge is -2.16. The van der Waals surface area contributed by atoms with E-state index in [2.05, 4.69) is 9.68 Å². The Morgan fingerprint density at radius 3 is 2.38 bits per heavy atom. The average Bonchev–Trinajstić information content (AvgIpc) is 2.04. The Bertz CT molecular complexity index is 291. The molecule has 0 saturated carbocycles. The molecule has 1 rings (SSSR count). The fraction of sp³-hybridized carbons (Fsp3) is 0.875. The number of nitrogens with one attached hydrogen (secondary N) is 1. The second-order valence-electron chi connectivity index (χ2n) is 3.52. The van der Waals surface area contributed by atoms with Gasteiger partial charge in [-0.05, 0) is 0 Å². The molecule has 1 fully saturated rings. The summed E-state index contributed by atoms with van der Waals surface area (Å²) in [6, 6.07) is 0. The summed E-state index contributed by atoms with van der Waals surface area (Å²) in [5.41, 5.74) is 0. The van der Waals surface area contributed by atoms with E-state index in [1.807, 2.05) is 0 Å². The van der Waals surface area contributed by atoms with Crippen molar-refractivity contribution in [2.24, 2.45) is 10.3 Å². The zero-order valence-corrected chi connectivity index (χ0v) is 8.89. The van der Waals surface area contributed by atoms with Gasteiger partial charge in [-0.1, -0.05) is 13.8 Å². The van der Waals surface area contributed by atoms with Crippen molar-refractivity contribution in [2.45, 2.75) is 13.8 Å². The van der Waals surface area contributed by atoms with E-state index in [0.29, 0.717) is 24.6 Å². The van der Waals surface area contributed by atoms with Crippen LogP contribution in [0.2, 0.25) is 0 Å². The van der Waals surface area contributed by atoms with Crippen LogP contribution in [0.4, 0.5) is 0 Å². The topological polar surface area (TPSA) is 58.5 Å². The fourth-order valence-electron chi connectivity index (χ4n) is 1.05. The molecule has 0 aliphatic carbocycles. The van der Waals surface area contributed by atoms with Gasteiger partial charge in [0.15, 0.2) is 0 Å². The molecule has 0 bridgehead atoms. The van der Waals surface area contributed by atoms with Crippen molar-refractivity contribution in [3.63, 3.8) is 0 Å². The quantitative estimate of drug-likeness (QED) is 0.665. The standard InChI is InChI=1S/C8H16N2O2S/c1-7(2)8(11)10-13(12)5-3-9-4-6-13/h7,9H,3-6H2,1-2H3. The molecule has 1 N–H and O–H groups in total. The van der Waals surface area contributed by atoms with Crippen LogP contribution in [0.5, 0.6) is 0 Å². The Balaban J connectivity index is 2.78. The normalized spacial score (nSPS) is 21.5. The average molecular weight is 204 g/mol. The van der Waals surface area contributed by atoms with Crippen LogP contribution in [0.25, 0.3) is 0 Å². The van der Waals surface area contributed by atoms with Crippen molar-refractivity contribution in [3.8, 4) is 0 Å². The lowest BCUT2D eigenvalue weighted by molar-refractivity contribution is -0.120. The molecule has 1 heterocycles. The van der Waals surface area contributed by atoms with E-state index in [9.17, 15) is 9.00 Å². The van der Waals surface area contributed by atoms with Gasteiger partial charge in [-0.2, -0.15) is 4.36 Å². The van der Waals surface area contributed by atoms with Crippen LogP contribution in [-0.2, 0) is 14.5 Å². The third kappa shape index (κ3) is 3.08. The van der Waals surface area contributed by atoms with Crippen LogP contribution >= 0.6 is 0 Å². The van der Waals surface area contributed by atoms with Crippen LogP contribution in [0.3, 0.4) is 0 Å². The maximum absolute atomic E-state index is 11.9. The maximum atomic E-state index is 11.9. The van der Waals surface area contributed by atoms with Gasteiger partial charge in [-0.25, -0.2) is 4.21 Å². The molecule has 0 spiro atoms. The predicted molar refractivity (Wildman–Crippen MR) is 53.0 cm³/mol. The Kier molecular flexibility index (Phi) is 3.44. The number of nitrogens with zero attached hydrogens (tertiary/aromatic N) is 1. The van der Waals surface area contributed by atoms with Gasteiger partial charge in [0.25, 0.3) is 5.91 Å². The largest absolute Gasteiger partial charge is 0.315 e. The minimum Gasteiger partial charge on any atom is -0.315 e. The molecule has 0 aromatic rings. The smallest absolute Gasteiger partial charge is 0.256 e. The van der Waals surface area contributed by atoms with Gasteiger partial charge in [-0.3, -0.25) is 4.79 Å². The van der Waals surface area contributed by atoms with Gasteiger partial charge in [-0.15, -0.1) is 0 Å². The van der Waals surface area contributed by atoms with Crippen molar-refractivity contribution in [1.82, 2.24) is 5.32 Å². The number of carbonyl (C=O) groups is 1. The molecule has 0 aromatic carbocycles. The monoisotopic (exact) mass is 204 g/mol. The van der Waals surface area contributed by atoms with Crippen molar-refractivity contribution in [3.05, 3.63) is 0 Å². The van der Waals surface area contributed by atoms with Crippen molar-refractivity contribution < 1.29 is 9.00 Å². The third-order valence-electron chi connectivity index (χ3n) is 1.95. The first-order chi connectivity index (χ1) is 6.03. The third-order valence-corrected chi connectivity index (χ3v) is 4.14.